The summed E-state index contributed by atoms with van der Waals surface area (Å²) < 4.78 is 6.43. The molecule has 1 saturated heterocycles. The van der Waals surface area contributed by atoms with Crippen molar-refractivity contribution < 1.29 is 14.0 Å². The highest BCUT2D eigenvalue weighted by atomic mass is 79.9. The monoisotopic (exact) mass is 336 g/mol. The Hall–Kier alpha value is -1.82. The van der Waals surface area contributed by atoms with E-state index in [1.165, 1.54) is 4.90 Å². The maximum Gasteiger partial charge on any atom is 0.290 e. The molecule has 0 saturated carbocycles. The topological polar surface area (TPSA) is 62.6 Å². The zero-order valence-corrected chi connectivity index (χ0v) is 12.3. The molecule has 6 heteroatoms. The maximum absolute atomic E-state index is 12.4. The molecule has 20 heavy (non-hydrogen) atoms. The molecular formula is C14H13BrN2O3. The van der Waals surface area contributed by atoms with Gasteiger partial charge in [0.05, 0.1) is 11.0 Å². The molecule has 2 heterocycles. The molecule has 1 N–H and O–H groups in total. The van der Waals surface area contributed by atoms with Crippen LogP contribution in [0.4, 0.5) is 0 Å². The summed E-state index contributed by atoms with van der Waals surface area (Å²) in [5.41, 5.74) is 0.648. The second-order valence-corrected chi connectivity index (χ2v) is 5.55. The van der Waals surface area contributed by atoms with Crippen LogP contribution in [0.3, 0.4) is 0 Å². The van der Waals surface area contributed by atoms with Crippen molar-refractivity contribution in [3.8, 4) is 0 Å². The van der Waals surface area contributed by atoms with Crippen molar-refractivity contribution in [3.63, 3.8) is 0 Å². The molecule has 0 bridgehead atoms. The summed E-state index contributed by atoms with van der Waals surface area (Å²) in [6.45, 7) is 1.24. The number of nitrogens with one attached hydrogen (secondary N) is 1. The van der Waals surface area contributed by atoms with E-state index in [4.69, 9.17) is 4.42 Å². The summed E-state index contributed by atoms with van der Waals surface area (Å²) in [7, 11) is 0. The third-order valence-electron chi connectivity index (χ3n) is 3.26. The number of benzene rings is 1. The predicted molar refractivity (Wildman–Crippen MR) is 77.4 cm³/mol. The van der Waals surface area contributed by atoms with E-state index in [0.29, 0.717) is 18.7 Å². The molecule has 104 valence electrons. The molecular weight excluding hydrogens is 324 g/mol. The fourth-order valence-corrected chi connectivity index (χ4v) is 2.73. The lowest BCUT2D eigenvalue weighted by Crippen LogP contribution is -2.37. The molecule has 3 rings (SSSR count). The van der Waals surface area contributed by atoms with Crippen LogP contribution in [-0.4, -0.2) is 36.3 Å². The minimum absolute atomic E-state index is 0.0804. The van der Waals surface area contributed by atoms with Crippen LogP contribution in [0.1, 0.15) is 17.0 Å². The molecule has 1 aromatic carbocycles. The van der Waals surface area contributed by atoms with Gasteiger partial charge in [-0.3, -0.25) is 9.59 Å². The summed E-state index contributed by atoms with van der Waals surface area (Å²) in [4.78, 5) is 25.5. The summed E-state index contributed by atoms with van der Waals surface area (Å²) in [5, 5.41) is 3.61. The number of rotatable bonds is 1. The van der Waals surface area contributed by atoms with Crippen molar-refractivity contribution in [2.75, 3.05) is 19.6 Å². The maximum atomic E-state index is 12.4. The van der Waals surface area contributed by atoms with Crippen LogP contribution in [-0.2, 0) is 4.79 Å². The lowest BCUT2D eigenvalue weighted by atomic mass is 10.2. The first-order valence-electron chi connectivity index (χ1n) is 6.39. The number of nitrogens with zero attached hydrogens (tertiary/aromatic N) is 1. The molecule has 1 fully saturated rings. The van der Waals surface area contributed by atoms with Crippen molar-refractivity contribution in [1.29, 1.82) is 0 Å². The van der Waals surface area contributed by atoms with Crippen molar-refractivity contribution >= 4 is 38.7 Å². The molecule has 1 aliphatic rings. The van der Waals surface area contributed by atoms with Crippen LogP contribution in [0, 0.1) is 0 Å². The van der Waals surface area contributed by atoms with Crippen LogP contribution in [0.15, 0.2) is 33.2 Å². The summed E-state index contributed by atoms with van der Waals surface area (Å²) in [5.74, 6) is -0.111. The summed E-state index contributed by atoms with van der Waals surface area (Å²) in [6, 6.07) is 7.34. The number of hydrogen-bond acceptors (Lipinski definition) is 3. The molecule has 0 atom stereocenters. The molecule has 1 aliphatic heterocycles. The van der Waals surface area contributed by atoms with Gasteiger partial charge in [-0.15, -0.1) is 0 Å². The van der Waals surface area contributed by atoms with E-state index in [0.717, 1.165) is 16.3 Å². The molecule has 0 aliphatic carbocycles. The molecule has 2 aromatic rings. The first-order valence-corrected chi connectivity index (χ1v) is 7.18. The summed E-state index contributed by atoms with van der Waals surface area (Å²) >= 11 is 3.39. The number of furan rings is 1. The molecule has 2 amide bonds. The number of halogens is 1. The predicted octanol–water partition coefficient (Wildman–Crippen LogP) is 2.16. The van der Waals surface area contributed by atoms with Crippen molar-refractivity contribution in [2.24, 2.45) is 0 Å². The Kier molecular flexibility index (Phi) is 3.48. The van der Waals surface area contributed by atoms with Gasteiger partial charge in [-0.05, 0) is 34.5 Å². The van der Waals surface area contributed by atoms with E-state index in [-0.39, 0.29) is 24.1 Å². The second kappa shape index (κ2) is 5.28. The Morgan fingerprint density at radius 1 is 1.40 bits per heavy atom. The Balaban J connectivity index is 1.91. The highest BCUT2D eigenvalue weighted by Gasteiger charge is 2.24. The van der Waals surface area contributed by atoms with Gasteiger partial charge in [0.1, 0.15) is 5.58 Å². The highest BCUT2D eigenvalue weighted by Crippen LogP contribution is 2.27. The lowest BCUT2D eigenvalue weighted by Gasteiger charge is -2.17. The van der Waals surface area contributed by atoms with Crippen molar-refractivity contribution in [1.82, 2.24) is 10.2 Å². The molecule has 0 unspecified atom stereocenters. The average molecular weight is 337 g/mol. The van der Waals surface area contributed by atoms with E-state index in [1.807, 2.05) is 18.2 Å². The van der Waals surface area contributed by atoms with Crippen molar-refractivity contribution in [2.45, 2.75) is 6.42 Å². The van der Waals surface area contributed by atoms with Gasteiger partial charge in [-0.1, -0.05) is 12.1 Å². The van der Waals surface area contributed by atoms with Crippen LogP contribution in [0.2, 0.25) is 0 Å². The molecule has 0 spiro atoms. The lowest BCUT2D eigenvalue weighted by molar-refractivity contribution is -0.121. The third kappa shape index (κ3) is 2.43. The van der Waals surface area contributed by atoms with E-state index < -0.39 is 0 Å². The third-order valence-corrected chi connectivity index (χ3v) is 3.88. The van der Waals surface area contributed by atoms with Gasteiger partial charge in [0.25, 0.3) is 5.91 Å². The second-order valence-electron chi connectivity index (χ2n) is 4.70. The van der Waals surface area contributed by atoms with Gasteiger partial charge in [-0.2, -0.15) is 0 Å². The van der Waals surface area contributed by atoms with Gasteiger partial charge in [-0.25, -0.2) is 0 Å². The minimum Gasteiger partial charge on any atom is -0.450 e. The summed E-state index contributed by atoms with van der Waals surface area (Å²) in [6.07, 6.45) is 0.751. The van der Waals surface area contributed by atoms with E-state index in [9.17, 15) is 9.59 Å². The number of carbonyl (C=O) groups is 2. The molecule has 0 radical (unpaired) electrons. The molecule has 5 nitrogen and oxygen atoms in total. The minimum atomic E-state index is -0.245. The van der Waals surface area contributed by atoms with Crippen LogP contribution in [0.25, 0.3) is 11.0 Å². The number of hydrogen-bond donors (Lipinski definition) is 1. The normalized spacial score (nSPS) is 16.1. The number of amides is 2. The smallest absolute Gasteiger partial charge is 0.290 e. The van der Waals surface area contributed by atoms with E-state index in [2.05, 4.69) is 21.2 Å². The van der Waals surface area contributed by atoms with Crippen LogP contribution in [0.5, 0.6) is 0 Å². The standard InChI is InChI=1S/C14H13BrN2O3/c15-10-4-1-3-9-7-11(20-13(9)10)14(19)17-6-2-5-16-12(18)8-17/h1,3-4,7H,2,5-6,8H2,(H,16,18). The van der Waals surface area contributed by atoms with Gasteiger partial charge in [0.15, 0.2) is 5.76 Å². The van der Waals surface area contributed by atoms with Crippen LogP contribution >= 0.6 is 15.9 Å². The quantitative estimate of drug-likeness (QED) is 0.867. The largest absolute Gasteiger partial charge is 0.450 e. The molecule has 1 aromatic heterocycles. The highest BCUT2D eigenvalue weighted by molar-refractivity contribution is 9.10. The first kappa shape index (κ1) is 13.2. The van der Waals surface area contributed by atoms with Gasteiger partial charge < -0.3 is 14.6 Å². The number of para-hydroxylation sites is 1. The number of carbonyl (C=O) groups excluding carboxylic acids is 2. The fraction of sp³-hybridized carbons (Fsp3) is 0.286. The average Bonchev–Trinajstić information content (AvgIpc) is 2.75. The zero-order chi connectivity index (χ0) is 14.1. The van der Waals surface area contributed by atoms with E-state index >= 15 is 0 Å². The van der Waals surface area contributed by atoms with Crippen molar-refractivity contribution in [3.05, 3.63) is 34.5 Å². The fourth-order valence-electron chi connectivity index (χ4n) is 2.27. The Labute approximate surface area is 124 Å². The van der Waals surface area contributed by atoms with Gasteiger partial charge in [0.2, 0.25) is 5.91 Å². The van der Waals surface area contributed by atoms with Crippen LogP contribution < -0.4 is 5.32 Å². The van der Waals surface area contributed by atoms with E-state index in [1.54, 1.807) is 6.07 Å². The Morgan fingerprint density at radius 3 is 3.05 bits per heavy atom. The number of fused-ring (bicyclic) bond motifs is 1. The van der Waals surface area contributed by atoms with Gasteiger partial charge >= 0.3 is 0 Å². The first-order chi connectivity index (χ1) is 9.65. The SMILES string of the molecule is O=C1CN(C(=O)c2cc3cccc(Br)c3o2)CCCN1. The van der Waals surface area contributed by atoms with Gasteiger partial charge in [0, 0.05) is 18.5 Å². The zero-order valence-electron chi connectivity index (χ0n) is 10.7. The Bertz CT molecular complexity index is 680. The Morgan fingerprint density at radius 2 is 2.25 bits per heavy atom.